The summed E-state index contributed by atoms with van der Waals surface area (Å²) in [6.07, 6.45) is 0. The van der Waals surface area contributed by atoms with Gasteiger partial charge in [0.1, 0.15) is 11.2 Å². The van der Waals surface area contributed by atoms with Crippen LogP contribution in [-0.4, -0.2) is 0 Å². The van der Waals surface area contributed by atoms with E-state index in [1.807, 2.05) is 0 Å². The Morgan fingerprint density at radius 1 is 0.281 bits per heavy atom. The first-order chi connectivity index (χ1) is 28.3. The van der Waals surface area contributed by atoms with Gasteiger partial charge in [0, 0.05) is 47.4 Å². The molecule has 0 amide bonds. The summed E-state index contributed by atoms with van der Waals surface area (Å²) in [6, 6.07) is 85.5. The van der Waals surface area contributed by atoms with Gasteiger partial charge in [-0.3, -0.25) is 0 Å². The molecule has 3 heteroatoms. The highest BCUT2D eigenvalue weighted by Gasteiger charge is 2.33. The lowest BCUT2D eigenvalue weighted by molar-refractivity contribution is 0.669. The van der Waals surface area contributed by atoms with Crippen molar-refractivity contribution in [2.45, 2.75) is 19.6 Å². The van der Waals surface area contributed by atoms with Crippen molar-refractivity contribution in [2.24, 2.45) is 0 Å². The summed E-state index contributed by atoms with van der Waals surface area (Å²) >= 11 is 0. The predicted octanol–water partition coefficient (Wildman–Crippen LogP) is 15.7. The maximum Gasteiger partial charge on any atom is 0.135 e. The highest BCUT2D eigenvalue weighted by Crippen LogP contribution is 2.73. The van der Waals surface area contributed by atoms with Crippen LogP contribution in [0.4, 0.5) is 17.1 Å². The molecule has 0 aliphatic heterocycles. The van der Waals surface area contributed by atoms with Crippen LogP contribution >= 0.6 is 10.0 Å². The predicted molar refractivity (Wildman–Crippen MR) is 239 cm³/mol. The van der Waals surface area contributed by atoms with Crippen molar-refractivity contribution >= 4 is 49.0 Å². The summed E-state index contributed by atoms with van der Waals surface area (Å²) in [5.41, 5.74) is 9.68. The molecule has 0 aliphatic rings. The zero-order valence-corrected chi connectivity index (χ0v) is 32.1. The molecule has 9 aromatic carbocycles. The molecule has 0 radical (unpaired) electrons. The van der Waals surface area contributed by atoms with Crippen LogP contribution in [-0.2, 0) is 0 Å². The fraction of sp³-hybridized carbons (Fsp3) is 0. The fourth-order valence-corrected chi connectivity index (χ4v) is 12.0. The summed E-state index contributed by atoms with van der Waals surface area (Å²) in [6.45, 7) is 0. The Hall–Kier alpha value is -7.07. The molecule has 0 bridgehead atoms. The minimum absolute atomic E-state index is 0.868. The first-order valence-corrected chi connectivity index (χ1v) is 21.0. The second kappa shape index (κ2) is 14.9. The van der Waals surface area contributed by atoms with Crippen LogP contribution < -0.4 is 4.90 Å². The van der Waals surface area contributed by atoms with Crippen LogP contribution in [0.15, 0.2) is 261 Å². The Balaban J connectivity index is 1.19. The van der Waals surface area contributed by atoms with Crippen molar-refractivity contribution in [1.82, 2.24) is 0 Å². The summed E-state index contributed by atoms with van der Waals surface area (Å²) in [4.78, 5) is 7.52. The largest absolute Gasteiger partial charge is 0.456 e. The molecular formula is C54H39NOS. The summed E-state index contributed by atoms with van der Waals surface area (Å²) < 4.78 is 6.45. The van der Waals surface area contributed by atoms with Crippen molar-refractivity contribution in [3.8, 4) is 22.3 Å². The van der Waals surface area contributed by atoms with Crippen LogP contribution in [0.1, 0.15) is 0 Å². The van der Waals surface area contributed by atoms with E-state index in [4.69, 9.17) is 4.42 Å². The van der Waals surface area contributed by atoms with E-state index in [1.54, 1.807) is 0 Å². The van der Waals surface area contributed by atoms with E-state index in [1.165, 1.54) is 41.8 Å². The summed E-state index contributed by atoms with van der Waals surface area (Å²) in [7, 11) is -1.90. The van der Waals surface area contributed by atoms with E-state index < -0.39 is 10.0 Å². The Morgan fingerprint density at radius 2 is 0.684 bits per heavy atom. The number of hydrogen-bond donors (Lipinski definition) is 0. The van der Waals surface area contributed by atoms with Gasteiger partial charge in [0.2, 0.25) is 0 Å². The Bertz CT molecular complexity index is 2830. The molecule has 0 fully saturated rings. The van der Waals surface area contributed by atoms with Crippen molar-refractivity contribution in [2.75, 3.05) is 4.90 Å². The molecule has 0 saturated heterocycles. The van der Waals surface area contributed by atoms with Crippen LogP contribution in [0.3, 0.4) is 0 Å². The van der Waals surface area contributed by atoms with Gasteiger partial charge in [0.25, 0.3) is 0 Å². The highest BCUT2D eigenvalue weighted by molar-refractivity contribution is 8.34. The molecule has 0 spiro atoms. The van der Waals surface area contributed by atoms with Gasteiger partial charge in [-0.25, -0.2) is 0 Å². The number of anilines is 3. The van der Waals surface area contributed by atoms with E-state index >= 15 is 0 Å². The van der Waals surface area contributed by atoms with Gasteiger partial charge in [-0.05, 0) is 119 Å². The third kappa shape index (κ3) is 6.29. The average Bonchev–Trinajstić information content (AvgIpc) is 3.66. The third-order valence-corrected chi connectivity index (χ3v) is 14.7. The molecule has 2 nitrogen and oxygen atoms in total. The monoisotopic (exact) mass is 749 g/mol. The molecule has 10 aromatic rings. The number of hydrogen-bond acceptors (Lipinski definition) is 2. The molecule has 0 N–H and O–H groups in total. The minimum atomic E-state index is -1.90. The highest BCUT2D eigenvalue weighted by atomic mass is 32.3. The molecule has 272 valence electrons. The topological polar surface area (TPSA) is 16.4 Å². The molecule has 10 rings (SSSR count). The molecule has 0 atom stereocenters. The Morgan fingerprint density at radius 3 is 1.25 bits per heavy atom. The van der Waals surface area contributed by atoms with Crippen LogP contribution in [0.25, 0.3) is 44.2 Å². The smallest absolute Gasteiger partial charge is 0.135 e. The molecule has 0 unspecified atom stereocenters. The quantitative estimate of drug-likeness (QED) is 0.146. The second-order valence-electron chi connectivity index (χ2n) is 14.2. The van der Waals surface area contributed by atoms with Crippen molar-refractivity contribution in [3.05, 3.63) is 237 Å². The number of fused-ring (bicyclic) bond motifs is 3. The Kier molecular flexibility index (Phi) is 8.98. The second-order valence-corrected chi connectivity index (χ2v) is 17.3. The van der Waals surface area contributed by atoms with E-state index in [0.717, 1.165) is 39.0 Å². The van der Waals surface area contributed by atoms with E-state index in [2.05, 4.69) is 241 Å². The number of rotatable bonds is 9. The SMILES string of the molecule is c1ccc(-c2ccc(N(c3cccc(S(c4ccccc4)(c4ccccc4)c4ccccc4)c3)c3ccc4oc5ccc(-c6ccccc6)cc5c4c3)cc2)cc1. The third-order valence-electron chi connectivity index (χ3n) is 10.8. The number of benzene rings is 9. The number of nitrogens with zero attached hydrogens (tertiary/aromatic N) is 1. The summed E-state index contributed by atoms with van der Waals surface area (Å²) in [5, 5.41) is 2.18. The van der Waals surface area contributed by atoms with Gasteiger partial charge in [-0.2, -0.15) is 0 Å². The molecule has 1 aromatic heterocycles. The molecule has 0 aliphatic carbocycles. The van der Waals surface area contributed by atoms with E-state index in [-0.39, 0.29) is 0 Å². The Labute approximate surface area is 335 Å². The van der Waals surface area contributed by atoms with Gasteiger partial charge >= 0.3 is 0 Å². The first kappa shape index (κ1) is 34.4. The van der Waals surface area contributed by atoms with Gasteiger partial charge in [0.05, 0.1) is 0 Å². The first-order valence-electron chi connectivity index (χ1n) is 19.3. The van der Waals surface area contributed by atoms with Gasteiger partial charge in [0.15, 0.2) is 0 Å². The molecule has 0 saturated carbocycles. The average molecular weight is 750 g/mol. The molecule has 1 heterocycles. The van der Waals surface area contributed by atoms with Crippen LogP contribution in [0.5, 0.6) is 0 Å². The van der Waals surface area contributed by atoms with Crippen LogP contribution in [0, 0.1) is 0 Å². The lowest BCUT2D eigenvalue weighted by Crippen LogP contribution is -2.11. The van der Waals surface area contributed by atoms with Gasteiger partial charge < -0.3 is 9.32 Å². The lowest BCUT2D eigenvalue weighted by atomic mass is 10.0. The molecule has 57 heavy (non-hydrogen) atoms. The zero-order valence-electron chi connectivity index (χ0n) is 31.3. The van der Waals surface area contributed by atoms with Crippen LogP contribution in [0.2, 0.25) is 0 Å². The van der Waals surface area contributed by atoms with Gasteiger partial charge in [-0.15, -0.1) is 10.0 Å². The van der Waals surface area contributed by atoms with Gasteiger partial charge in [-0.1, -0.05) is 140 Å². The standard InChI is InChI=1S/C54H39NOS/c1-6-17-40(18-7-1)42-29-32-44(33-30-42)55(46-34-36-54-52(39-46)51-37-43(31-35-53(51)56-54)41-19-8-2-9-20-41)45-21-16-28-50(38-45)57(47-22-10-3-11-23-47,48-24-12-4-13-25-48)49-26-14-5-15-27-49/h1-39H. The van der Waals surface area contributed by atoms with Crippen molar-refractivity contribution < 1.29 is 4.42 Å². The zero-order chi connectivity index (χ0) is 38.0. The maximum absolute atomic E-state index is 6.45. The summed E-state index contributed by atoms with van der Waals surface area (Å²) in [5.74, 6) is 0. The maximum atomic E-state index is 6.45. The fourth-order valence-electron chi connectivity index (χ4n) is 8.10. The lowest BCUT2D eigenvalue weighted by Gasteiger charge is -2.42. The van der Waals surface area contributed by atoms with E-state index in [0.29, 0.717) is 0 Å². The van der Waals surface area contributed by atoms with Crippen molar-refractivity contribution in [3.63, 3.8) is 0 Å². The number of furan rings is 1. The normalized spacial score (nSPS) is 11.8. The van der Waals surface area contributed by atoms with Crippen molar-refractivity contribution in [1.29, 1.82) is 0 Å². The molecular weight excluding hydrogens is 711 g/mol. The van der Waals surface area contributed by atoms with E-state index in [9.17, 15) is 0 Å². The minimum Gasteiger partial charge on any atom is -0.456 e.